The van der Waals surface area contributed by atoms with E-state index in [4.69, 9.17) is 5.11 Å². The first-order valence-electron chi connectivity index (χ1n) is 9.43. The monoisotopic (exact) mass is 436 g/mol. The molecule has 5 nitrogen and oxygen atoms in total. The van der Waals surface area contributed by atoms with Crippen LogP contribution in [0.15, 0.2) is 35.1 Å². The number of carboxylic acid groups (broad SMARTS) is 1. The molecule has 0 bridgehead atoms. The highest BCUT2D eigenvalue weighted by molar-refractivity contribution is 5.85. The second kappa shape index (κ2) is 7.79. The van der Waals surface area contributed by atoms with Crippen LogP contribution in [0.5, 0.6) is 0 Å². The Morgan fingerprint density at radius 2 is 1.77 bits per heavy atom. The van der Waals surface area contributed by atoms with Crippen LogP contribution in [0.25, 0.3) is 22.2 Å². The average molecular weight is 436 g/mol. The lowest BCUT2D eigenvalue weighted by atomic mass is 9.91. The second-order valence-electron chi connectivity index (χ2n) is 8.28. The predicted octanol–water partition coefficient (Wildman–Crippen LogP) is 5.06. The highest BCUT2D eigenvalue weighted by atomic mass is 19.4. The summed E-state index contributed by atoms with van der Waals surface area (Å²) in [5.74, 6) is -2.45. The number of hydrogen-bond donors (Lipinski definition) is 2. The van der Waals surface area contributed by atoms with Gasteiger partial charge in [0.15, 0.2) is 0 Å². The Kier molecular flexibility index (Phi) is 5.64. The summed E-state index contributed by atoms with van der Waals surface area (Å²) >= 11 is 0. The molecule has 3 aromatic rings. The molecule has 164 valence electrons. The van der Waals surface area contributed by atoms with Gasteiger partial charge in [0.1, 0.15) is 11.5 Å². The van der Waals surface area contributed by atoms with Crippen LogP contribution in [0.2, 0.25) is 0 Å². The van der Waals surface area contributed by atoms with Gasteiger partial charge in [-0.05, 0) is 47.4 Å². The van der Waals surface area contributed by atoms with Crippen LogP contribution in [-0.2, 0) is 22.8 Å². The number of halogens is 4. The third kappa shape index (κ3) is 4.76. The summed E-state index contributed by atoms with van der Waals surface area (Å²) in [7, 11) is 0. The molecule has 0 unspecified atom stereocenters. The molecule has 0 saturated carbocycles. The molecule has 0 radical (unpaired) electrons. The smallest absolute Gasteiger partial charge is 0.419 e. The van der Waals surface area contributed by atoms with Gasteiger partial charge in [0.2, 0.25) is 0 Å². The number of carbonyl (C=O) groups is 1. The van der Waals surface area contributed by atoms with Crippen LogP contribution in [0.4, 0.5) is 17.6 Å². The van der Waals surface area contributed by atoms with Gasteiger partial charge in [0.25, 0.3) is 5.56 Å². The maximum absolute atomic E-state index is 13.7. The number of aryl methyl sites for hydroxylation is 1. The van der Waals surface area contributed by atoms with E-state index >= 15 is 0 Å². The van der Waals surface area contributed by atoms with E-state index in [1.54, 1.807) is 20.8 Å². The van der Waals surface area contributed by atoms with Crippen LogP contribution < -0.4 is 5.56 Å². The number of aliphatic carboxylic acids is 1. The number of rotatable bonds is 4. The van der Waals surface area contributed by atoms with Crippen molar-refractivity contribution in [2.75, 3.05) is 0 Å². The Morgan fingerprint density at radius 3 is 2.35 bits per heavy atom. The third-order valence-electron chi connectivity index (χ3n) is 4.80. The number of fused-ring (bicyclic) bond motifs is 1. The van der Waals surface area contributed by atoms with Crippen molar-refractivity contribution in [3.8, 4) is 11.1 Å². The van der Waals surface area contributed by atoms with E-state index in [1.165, 1.54) is 18.2 Å². The van der Waals surface area contributed by atoms with Crippen LogP contribution >= 0.6 is 0 Å². The minimum atomic E-state index is -4.87. The van der Waals surface area contributed by atoms with E-state index in [0.29, 0.717) is 17.1 Å². The Morgan fingerprint density at radius 1 is 1.10 bits per heavy atom. The molecule has 1 aromatic heterocycles. The Labute approximate surface area is 174 Å². The zero-order valence-corrected chi connectivity index (χ0v) is 17.0. The molecule has 0 aliphatic heterocycles. The molecule has 0 atom stereocenters. The van der Waals surface area contributed by atoms with Crippen LogP contribution in [0, 0.1) is 5.82 Å². The Hall–Kier alpha value is -3.23. The molecule has 3 rings (SSSR count). The number of H-pyrrole nitrogens is 1. The van der Waals surface area contributed by atoms with E-state index in [9.17, 15) is 27.2 Å². The number of nitrogens with zero attached hydrogens (tertiary/aromatic N) is 1. The van der Waals surface area contributed by atoms with Crippen LogP contribution in [-0.4, -0.2) is 21.0 Å². The lowest BCUT2D eigenvalue weighted by Gasteiger charge is -2.18. The largest absolute Gasteiger partial charge is 0.481 e. The number of alkyl halides is 3. The van der Waals surface area contributed by atoms with Gasteiger partial charge in [-0.3, -0.25) is 9.59 Å². The van der Waals surface area contributed by atoms with Crippen molar-refractivity contribution in [2.45, 2.75) is 45.2 Å². The molecule has 9 heteroatoms. The average Bonchev–Trinajstić information content (AvgIpc) is 2.63. The third-order valence-corrected chi connectivity index (χ3v) is 4.80. The van der Waals surface area contributed by atoms with Gasteiger partial charge in [-0.1, -0.05) is 26.8 Å². The molecule has 1 heterocycles. The zero-order chi connectivity index (χ0) is 23.1. The number of aromatic amines is 1. The number of hydrogen-bond acceptors (Lipinski definition) is 3. The molecule has 0 aliphatic rings. The minimum Gasteiger partial charge on any atom is -0.481 e. The first-order chi connectivity index (χ1) is 14.3. The summed E-state index contributed by atoms with van der Waals surface area (Å²) in [6.45, 7) is 5.41. The standard InChI is InChI=1S/C22H20F4N2O3/c1-21(2,3)19-20(31)27-16-10-13(8-12(18(16)28-19)5-7-17(29)30)11-4-6-15(23)14(9-11)22(24,25)26/h4,6,8-10H,5,7H2,1-3H3,(H,27,31)(H,29,30). The Bertz CT molecular complexity index is 1220. The van der Waals surface area contributed by atoms with Gasteiger partial charge in [-0.2, -0.15) is 13.2 Å². The zero-order valence-electron chi connectivity index (χ0n) is 17.0. The first-order valence-corrected chi connectivity index (χ1v) is 9.43. The second-order valence-corrected chi connectivity index (χ2v) is 8.28. The summed E-state index contributed by atoms with van der Waals surface area (Å²) in [4.78, 5) is 30.8. The molecule has 2 aromatic carbocycles. The van der Waals surface area contributed by atoms with E-state index in [2.05, 4.69) is 9.97 Å². The maximum atomic E-state index is 13.7. The predicted molar refractivity (Wildman–Crippen MR) is 107 cm³/mol. The van der Waals surface area contributed by atoms with Crippen molar-refractivity contribution >= 4 is 17.0 Å². The van der Waals surface area contributed by atoms with Crippen molar-refractivity contribution in [2.24, 2.45) is 0 Å². The fourth-order valence-electron chi connectivity index (χ4n) is 3.30. The molecule has 2 N–H and O–H groups in total. The van der Waals surface area contributed by atoms with Gasteiger partial charge < -0.3 is 10.1 Å². The normalized spacial score (nSPS) is 12.4. The molecule has 31 heavy (non-hydrogen) atoms. The molecule has 0 amide bonds. The first kappa shape index (κ1) is 22.5. The molecule has 0 fully saturated rings. The number of carboxylic acids is 1. The lowest BCUT2D eigenvalue weighted by molar-refractivity contribution is -0.140. The summed E-state index contributed by atoms with van der Waals surface area (Å²) in [6, 6.07) is 5.58. The molecule has 0 spiro atoms. The minimum absolute atomic E-state index is 0.0512. The fourth-order valence-corrected chi connectivity index (χ4v) is 3.30. The van der Waals surface area contributed by atoms with Gasteiger partial charge in [-0.25, -0.2) is 9.37 Å². The number of nitrogens with one attached hydrogen (secondary N) is 1. The fraction of sp³-hybridized carbons (Fsp3) is 0.318. The maximum Gasteiger partial charge on any atom is 0.419 e. The lowest BCUT2D eigenvalue weighted by Crippen LogP contribution is -2.26. The SMILES string of the molecule is CC(C)(C)c1nc2c(CCC(=O)O)cc(-c3ccc(F)c(C(F)(F)F)c3)cc2[nH]c1=O. The quantitative estimate of drug-likeness (QED) is 0.560. The van der Waals surface area contributed by atoms with Gasteiger partial charge in [0.05, 0.1) is 16.6 Å². The Balaban J connectivity index is 2.27. The topological polar surface area (TPSA) is 83.0 Å². The van der Waals surface area contributed by atoms with E-state index in [0.717, 1.165) is 6.07 Å². The summed E-state index contributed by atoms with van der Waals surface area (Å²) in [5, 5.41) is 9.07. The van der Waals surface area contributed by atoms with E-state index < -0.39 is 34.5 Å². The van der Waals surface area contributed by atoms with Crippen molar-refractivity contribution in [3.63, 3.8) is 0 Å². The summed E-state index contributed by atoms with van der Waals surface area (Å²) < 4.78 is 53.1. The van der Waals surface area contributed by atoms with Gasteiger partial charge >= 0.3 is 12.1 Å². The van der Waals surface area contributed by atoms with E-state index in [1.807, 2.05) is 0 Å². The molecule has 0 aliphatic carbocycles. The number of benzene rings is 2. The van der Waals surface area contributed by atoms with Gasteiger partial charge in [0, 0.05) is 11.8 Å². The summed E-state index contributed by atoms with van der Waals surface area (Å²) in [5.41, 5.74) is -0.750. The number of aromatic nitrogens is 2. The van der Waals surface area contributed by atoms with Crippen LogP contribution in [0.1, 0.15) is 44.0 Å². The van der Waals surface area contributed by atoms with Crippen molar-refractivity contribution in [3.05, 3.63) is 63.3 Å². The molecule has 0 saturated heterocycles. The highest BCUT2D eigenvalue weighted by Gasteiger charge is 2.34. The van der Waals surface area contributed by atoms with Crippen LogP contribution in [0.3, 0.4) is 0 Å². The highest BCUT2D eigenvalue weighted by Crippen LogP contribution is 2.35. The van der Waals surface area contributed by atoms with Crippen molar-refractivity contribution < 1.29 is 27.5 Å². The summed E-state index contributed by atoms with van der Waals surface area (Å²) in [6.07, 6.45) is -5.06. The van der Waals surface area contributed by atoms with Crippen molar-refractivity contribution in [1.82, 2.24) is 9.97 Å². The molecular formula is C22H20F4N2O3. The van der Waals surface area contributed by atoms with Crippen molar-refractivity contribution in [1.29, 1.82) is 0 Å². The molecular weight excluding hydrogens is 416 g/mol. The van der Waals surface area contributed by atoms with E-state index in [-0.39, 0.29) is 35.2 Å². The van der Waals surface area contributed by atoms with Gasteiger partial charge in [-0.15, -0.1) is 0 Å².